The Bertz CT molecular complexity index is 817. The van der Waals surface area contributed by atoms with Crippen LogP contribution in [0.2, 0.25) is 0 Å². The largest absolute Gasteiger partial charge is 0.484 e. The van der Waals surface area contributed by atoms with E-state index in [9.17, 15) is 4.79 Å². The monoisotopic (exact) mass is 442 g/mol. The van der Waals surface area contributed by atoms with Gasteiger partial charge in [-0.25, -0.2) is 4.79 Å². The normalized spacial score (nSPS) is 19.8. The van der Waals surface area contributed by atoms with Gasteiger partial charge in [0.25, 0.3) is 0 Å². The van der Waals surface area contributed by atoms with Gasteiger partial charge in [-0.05, 0) is 50.3 Å². The summed E-state index contributed by atoms with van der Waals surface area (Å²) in [5.41, 5.74) is 2.07. The third kappa shape index (κ3) is 6.17. The number of benzene rings is 1. The zero-order chi connectivity index (χ0) is 22.9. The second kappa shape index (κ2) is 11.8. The van der Waals surface area contributed by atoms with Crippen molar-refractivity contribution in [2.45, 2.75) is 65.0 Å². The molecule has 1 atom stereocenters. The number of ether oxygens (including phenoxy) is 2. The highest BCUT2D eigenvalue weighted by atomic mass is 16.5. The van der Waals surface area contributed by atoms with Crippen molar-refractivity contribution in [3.63, 3.8) is 0 Å². The number of unbranched alkanes of at least 4 members (excludes halogenated alkanes) is 1. The van der Waals surface area contributed by atoms with Crippen molar-refractivity contribution in [1.29, 1.82) is 0 Å². The molecule has 0 aliphatic carbocycles. The van der Waals surface area contributed by atoms with Gasteiger partial charge in [-0.1, -0.05) is 32.4 Å². The first-order valence-corrected chi connectivity index (χ1v) is 11.9. The van der Waals surface area contributed by atoms with E-state index in [-0.39, 0.29) is 18.2 Å². The Kier molecular flexibility index (Phi) is 8.82. The van der Waals surface area contributed by atoms with Gasteiger partial charge >= 0.3 is 6.09 Å². The molecule has 2 fully saturated rings. The molecule has 0 spiro atoms. The van der Waals surface area contributed by atoms with E-state index in [4.69, 9.17) is 9.47 Å². The highest BCUT2D eigenvalue weighted by molar-refractivity contribution is 5.69. The van der Waals surface area contributed by atoms with Crippen LogP contribution in [0.4, 0.5) is 10.5 Å². The summed E-state index contributed by atoms with van der Waals surface area (Å²) in [6.45, 7) is 9.47. The summed E-state index contributed by atoms with van der Waals surface area (Å²) in [5, 5.41) is 3.67. The Hall–Kier alpha value is -2.70. The van der Waals surface area contributed by atoms with Crippen molar-refractivity contribution in [2.75, 3.05) is 33.3 Å². The second-order valence-electron chi connectivity index (χ2n) is 8.56. The Morgan fingerprint density at radius 1 is 1.25 bits per heavy atom. The van der Waals surface area contributed by atoms with Gasteiger partial charge in [0.1, 0.15) is 17.5 Å². The molecule has 3 rings (SSSR count). The second-order valence-corrected chi connectivity index (χ2v) is 8.56. The minimum atomic E-state index is -0.245. The first-order valence-electron chi connectivity index (χ1n) is 11.9. The van der Waals surface area contributed by atoms with Gasteiger partial charge in [0.15, 0.2) is 0 Å². The van der Waals surface area contributed by atoms with Crippen molar-refractivity contribution < 1.29 is 14.3 Å². The molecule has 1 unspecified atom stereocenters. The van der Waals surface area contributed by atoms with Crippen LogP contribution < -0.4 is 10.1 Å². The summed E-state index contributed by atoms with van der Waals surface area (Å²) in [4.78, 5) is 20.7. The number of hydrogen-bond donors (Lipinski definition) is 1. The molecule has 1 N–H and O–H groups in total. The standard InChI is InChI=1S/C25H38N4O3/c1-5-7-14-26-24-19(3)11-8-13-22(24)32-21-17-29(18-21)23(10-6-2)27-20-12-9-15-28(16-20)25(30)31-4/h8,10-11,13-14,20-21,27H,5-7,9,12,15-18H2,1-4H3/b23-10-,26-14-. The number of allylic oxidation sites excluding steroid dienone is 1. The first kappa shape index (κ1) is 24.0. The predicted octanol–water partition coefficient (Wildman–Crippen LogP) is 4.63. The zero-order valence-corrected chi connectivity index (χ0v) is 20.0. The average Bonchev–Trinajstić information content (AvgIpc) is 2.77. The molecule has 0 radical (unpaired) electrons. The van der Waals surface area contributed by atoms with Crippen LogP contribution in [0.15, 0.2) is 35.1 Å². The van der Waals surface area contributed by atoms with Crippen LogP contribution in [-0.2, 0) is 4.74 Å². The fourth-order valence-electron chi connectivity index (χ4n) is 4.14. The summed E-state index contributed by atoms with van der Waals surface area (Å²) in [7, 11) is 1.44. The van der Waals surface area contributed by atoms with E-state index in [0.717, 1.165) is 74.6 Å². The van der Waals surface area contributed by atoms with Crippen LogP contribution in [0.1, 0.15) is 51.5 Å². The van der Waals surface area contributed by atoms with Crippen LogP contribution in [-0.4, -0.2) is 67.5 Å². The van der Waals surface area contributed by atoms with Gasteiger partial charge in [-0.15, -0.1) is 0 Å². The van der Waals surface area contributed by atoms with Crippen LogP contribution in [0.25, 0.3) is 0 Å². The van der Waals surface area contributed by atoms with E-state index in [0.29, 0.717) is 6.54 Å². The molecule has 32 heavy (non-hydrogen) atoms. The number of methoxy groups -OCH3 is 1. The lowest BCUT2D eigenvalue weighted by atomic mass is 10.1. The van der Waals surface area contributed by atoms with E-state index in [1.54, 1.807) is 4.90 Å². The first-order chi connectivity index (χ1) is 15.5. The molecule has 7 nitrogen and oxygen atoms in total. The smallest absolute Gasteiger partial charge is 0.409 e. The van der Waals surface area contributed by atoms with Gasteiger partial charge < -0.3 is 24.6 Å². The number of rotatable bonds is 9. The lowest BCUT2D eigenvalue weighted by Crippen LogP contribution is -2.57. The maximum Gasteiger partial charge on any atom is 0.409 e. The van der Waals surface area contributed by atoms with Crippen molar-refractivity contribution in [2.24, 2.45) is 4.99 Å². The number of nitrogens with zero attached hydrogens (tertiary/aromatic N) is 3. The number of likely N-dealkylation sites (tertiary alicyclic amines) is 2. The number of para-hydroxylation sites is 1. The number of nitrogens with one attached hydrogen (secondary N) is 1. The Balaban J connectivity index is 1.57. The van der Waals surface area contributed by atoms with Gasteiger partial charge in [0.2, 0.25) is 0 Å². The summed E-state index contributed by atoms with van der Waals surface area (Å²) >= 11 is 0. The third-order valence-electron chi connectivity index (χ3n) is 5.92. The maximum atomic E-state index is 11.9. The average molecular weight is 443 g/mol. The molecule has 176 valence electrons. The molecule has 2 heterocycles. The number of carbonyl (C=O) groups is 1. The Morgan fingerprint density at radius 3 is 2.78 bits per heavy atom. The summed E-state index contributed by atoms with van der Waals surface area (Å²) < 4.78 is 11.2. The van der Waals surface area contributed by atoms with E-state index in [1.165, 1.54) is 7.11 Å². The molecular weight excluding hydrogens is 404 g/mol. The predicted molar refractivity (Wildman–Crippen MR) is 129 cm³/mol. The van der Waals surface area contributed by atoms with Crippen molar-refractivity contribution in [3.8, 4) is 5.75 Å². The number of aryl methyl sites for hydroxylation is 1. The quantitative estimate of drug-likeness (QED) is 0.565. The fourth-order valence-corrected chi connectivity index (χ4v) is 4.14. The number of piperidine rings is 1. The molecule has 0 bridgehead atoms. The SMILES string of the molecule is CC/C=C(/NC1CCCN(C(=O)OC)C1)N1CC(Oc2cccc(C)c2/N=C\CCC)C1. The Labute approximate surface area is 192 Å². The molecule has 0 saturated carbocycles. The van der Waals surface area contributed by atoms with E-state index >= 15 is 0 Å². The van der Waals surface area contributed by atoms with Crippen LogP contribution >= 0.6 is 0 Å². The molecule has 1 aromatic rings. The topological polar surface area (TPSA) is 66.4 Å². The fraction of sp³-hybridized carbons (Fsp3) is 0.600. The van der Waals surface area contributed by atoms with Crippen molar-refractivity contribution >= 4 is 18.0 Å². The van der Waals surface area contributed by atoms with Gasteiger partial charge in [-0.3, -0.25) is 4.99 Å². The van der Waals surface area contributed by atoms with E-state index in [2.05, 4.69) is 48.1 Å². The molecule has 0 aromatic heterocycles. The van der Waals surface area contributed by atoms with Crippen molar-refractivity contribution in [3.05, 3.63) is 35.7 Å². The molecule has 1 aromatic carbocycles. The number of amides is 1. The van der Waals surface area contributed by atoms with Gasteiger partial charge in [0.05, 0.1) is 26.0 Å². The number of aliphatic imine (C=N–C) groups is 1. The Morgan fingerprint density at radius 2 is 2.06 bits per heavy atom. The minimum Gasteiger partial charge on any atom is -0.484 e. The maximum absolute atomic E-state index is 11.9. The van der Waals surface area contributed by atoms with Crippen LogP contribution in [0.3, 0.4) is 0 Å². The molecule has 7 heteroatoms. The van der Waals surface area contributed by atoms with Gasteiger partial charge in [-0.2, -0.15) is 0 Å². The lowest BCUT2D eigenvalue weighted by Gasteiger charge is -2.44. The summed E-state index contributed by atoms with van der Waals surface area (Å²) in [5.74, 6) is 1.99. The number of hydrogen-bond acceptors (Lipinski definition) is 6. The minimum absolute atomic E-state index is 0.136. The van der Waals surface area contributed by atoms with Crippen molar-refractivity contribution in [1.82, 2.24) is 15.1 Å². The third-order valence-corrected chi connectivity index (χ3v) is 5.92. The highest BCUT2D eigenvalue weighted by Gasteiger charge is 2.32. The molecule has 1 amide bonds. The zero-order valence-electron chi connectivity index (χ0n) is 20.0. The van der Waals surface area contributed by atoms with Crippen LogP contribution in [0.5, 0.6) is 5.75 Å². The highest BCUT2D eigenvalue weighted by Crippen LogP contribution is 2.33. The van der Waals surface area contributed by atoms with Gasteiger partial charge in [0, 0.05) is 25.3 Å². The van der Waals surface area contributed by atoms with Crippen LogP contribution in [0, 0.1) is 6.92 Å². The number of carbonyl (C=O) groups excluding carboxylic acids is 1. The molecule has 2 aliphatic rings. The molecule has 2 aliphatic heterocycles. The molecular formula is C25H38N4O3. The molecule has 2 saturated heterocycles. The summed E-state index contributed by atoms with van der Waals surface area (Å²) in [6, 6.07) is 6.35. The van der Waals surface area contributed by atoms with E-state index < -0.39 is 0 Å². The lowest BCUT2D eigenvalue weighted by molar-refractivity contribution is 0.0359. The summed E-state index contributed by atoms with van der Waals surface area (Å²) in [6.07, 6.45) is 9.12. The van der Waals surface area contributed by atoms with E-state index in [1.807, 2.05) is 18.3 Å².